The lowest BCUT2D eigenvalue weighted by atomic mass is 9.88. The number of halogens is 1. The van der Waals surface area contributed by atoms with Crippen LogP contribution in [0.2, 0.25) is 0 Å². The molecule has 0 unspecified atom stereocenters. The Hall–Kier alpha value is -4.81. The second-order valence-corrected chi connectivity index (χ2v) is 13.6. The molecule has 6 aromatic rings. The Balaban J connectivity index is 1.38. The second-order valence-electron chi connectivity index (χ2n) is 11.8. The third kappa shape index (κ3) is 4.81. The number of hydrogen-bond acceptors (Lipinski definition) is 7. The molecule has 0 amide bonds. The van der Waals surface area contributed by atoms with E-state index in [9.17, 15) is 13.2 Å². The van der Waals surface area contributed by atoms with Gasteiger partial charge in [0.2, 0.25) is 5.78 Å². The number of ketones is 1. The summed E-state index contributed by atoms with van der Waals surface area (Å²) in [7, 11) is -0.395. The molecular formula is C33H32FN7O3S. The minimum atomic E-state index is -4.32. The van der Waals surface area contributed by atoms with Crippen molar-refractivity contribution in [3.8, 4) is 5.69 Å². The van der Waals surface area contributed by atoms with Crippen LogP contribution in [0, 0.1) is 12.7 Å². The average molecular weight is 626 g/mol. The summed E-state index contributed by atoms with van der Waals surface area (Å²) in [5.74, 6) is -1.11. The molecule has 10 nitrogen and oxygen atoms in total. The van der Waals surface area contributed by atoms with E-state index in [1.54, 1.807) is 30.6 Å². The Bertz CT molecular complexity index is 2220. The van der Waals surface area contributed by atoms with Crippen LogP contribution in [-0.4, -0.2) is 62.5 Å². The Morgan fingerprint density at radius 3 is 2.44 bits per heavy atom. The minimum absolute atomic E-state index is 0.00729. The van der Waals surface area contributed by atoms with Gasteiger partial charge in [-0.3, -0.25) is 4.79 Å². The van der Waals surface area contributed by atoms with Crippen molar-refractivity contribution in [1.29, 1.82) is 0 Å². The van der Waals surface area contributed by atoms with Crippen LogP contribution in [0.5, 0.6) is 0 Å². The maximum absolute atomic E-state index is 15.8. The van der Waals surface area contributed by atoms with E-state index in [-0.39, 0.29) is 33.4 Å². The van der Waals surface area contributed by atoms with Gasteiger partial charge >= 0.3 is 0 Å². The number of aryl methyl sites for hydroxylation is 2. The molecule has 1 fully saturated rings. The van der Waals surface area contributed by atoms with Gasteiger partial charge in [0.15, 0.2) is 0 Å². The molecule has 0 radical (unpaired) electrons. The molecule has 45 heavy (non-hydrogen) atoms. The molecular weight excluding hydrogens is 593 g/mol. The van der Waals surface area contributed by atoms with Crippen LogP contribution in [0.1, 0.15) is 45.9 Å². The lowest BCUT2D eigenvalue weighted by molar-refractivity contribution is 0.103. The normalized spacial score (nSPS) is 14.9. The van der Waals surface area contributed by atoms with Crippen molar-refractivity contribution in [3.05, 3.63) is 101 Å². The number of benzene rings is 3. The third-order valence-electron chi connectivity index (χ3n) is 8.83. The summed E-state index contributed by atoms with van der Waals surface area (Å²) in [5.41, 5.74) is 10.1. The number of anilines is 1. The summed E-state index contributed by atoms with van der Waals surface area (Å²) in [6, 6.07) is 16.3. The van der Waals surface area contributed by atoms with Crippen LogP contribution in [0.15, 0.2) is 78.1 Å². The maximum Gasteiger partial charge on any atom is 0.268 e. The highest BCUT2D eigenvalue weighted by molar-refractivity contribution is 7.90. The van der Waals surface area contributed by atoms with Crippen molar-refractivity contribution in [2.24, 2.45) is 7.05 Å². The summed E-state index contributed by atoms with van der Waals surface area (Å²) in [5, 5.41) is 4.82. The van der Waals surface area contributed by atoms with Gasteiger partial charge in [-0.25, -0.2) is 26.4 Å². The van der Waals surface area contributed by atoms with Crippen molar-refractivity contribution in [3.63, 3.8) is 0 Å². The summed E-state index contributed by atoms with van der Waals surface area (Å²) >= 11 is 0. The molecule has 0 aliphatic carbocycles. The Labute approximate surface area is 259 Å². The standard InChI is InChI=1S/C33H32FN7O3S/c1-20-4-7-24(8-5-20)45(43,44)41-30-17-27(34)25(21-10-12-38(2)13-11-21)14-22(30)15-31(41)32(42)26-18-37-40(33(26)35)23-6-9-29-28(16-23)36-19-39(29)3/h4-9,14-19,21H,10-13,35H2,1-3H3. The molecule has 7 rings (SSSR count). The smallest absolute Gasteiger partial charge is 0.268 e. The number of rotatable bonds is 6. The van der Waals surface area contributed by atoms with Crippen molar-refractivity contribution in [2.75, 3.05) is 25.9 Å². The number of fused-ring (bicyclic) bond motifs is 2. The average Bonchev–Trinajstić information content (AvgIpc) is 3.71. The van der Waals surface area contributed by atoms with Gasteiger partial charge in [0.25, 0.3) is 10.0 Å². The zero-order valence-corrected chi connectivity index (χ0v) is 25.9. The van der Waals surface area contributed by atoms with Gasteiger partial charge in [0, 0.05) is 12.4 Å². The first kappa shape index (κ1) is 28.9. The zero-order chi connectivity index (χ0) is 31.6. The molecule has 1 aliphatic heterocycles. The molecule has 12 heteroatoms. The molecule has 0 bridgehead atoms. The van der Waals surface area contributed by atoms with Gasteiger partial charge in [0.1, 0.15) is 17.3 Å². The highest BCUT2D eigenvalue weighted by Gasteiger charge is 2.31. The molecule has 1 saturated heterocycles. The SMILES string of the molecule is Cc1ccc(S(=O)(=O)n2c(C(=O)c3cnn(-c4ccc5c(c4)ncn5C)c3N)cc3cc(C4CCN(C)CC4)c(F)cc32)cc1. The number of carbonyl (C=O) groups is 1. The molecule has 230 valence electrons. The van der Waals surface area contributed by atoms with Gasteiger partial charge in [-0.2, -0.15) is 5.10 Å². The first-order chi connectivity index (χ1) is 21.5. The fourth-order valence-electron chi connectivity index (χ4n) is 6.22. The van der Waals surface area contributed by atoms with Crippen molar-refractivity contribution in [2.45, 2.75) is 30.6 Å². The van der Waals surface area contributed by atoms with E-state index in [2.05, 4.69) is 15.0 Å². The number of likely N-dealkylation sites (tertiary alicyclic amines) is 1. The number of carbonyl (C=O) groups excluding carboxylic acids is 1. The van der Waals surface area contributed by atoms with Gasteiger partial charge in [0.05, 0.1) is 45.2 Å². The monoisotopic (exact) mass is 625 g/mol. The highest BCUT2D eigenvalue weighted by Crippen LogP contribution is 2.36. The molecule has 3 aromatic heterocycles. The zero-order valence-electron chi connectivity index (χ0n) is 25.1. The number of nitrogens with two attached hydrogens (primary N) is 1. The van der Waals surface area contributed by atoms with E-state index in [0.717, 1.165) is 46.5 Å². The van der Waals surface area contributed by atoms with Crippen LogP contribution < -0.4 is 5.73 Å². The quantitative estimate of drug-likeness (QED) is 0.258. The van der Waals surface area contributed by atoms with Gasteiger partial charge < -0.3 is 15.2 Å². The fourth-order valence-corrected chi connectivity index (χ4v) is 7.72. The predicted molar refractivity (Wildman–Crippen MR) is 171 cm³/mol. The number of hydrogen-bond donors (Lipinski definition) is 1. The van der Waals surface area contributed by atoms with E-state index in [1.807, 2.05) is 37.7 Å². The number of nitrogens with zero attached hydrogens (tertiary/aromatic N) is 6. The van der Waals surface area contributed by atoms with Crippen molar-refractivity contribution >= 4 is 43.6 Å². The Kier molecular flexibility index (Phi) is 6.86. The Morgan fingerprint density at radius 2 is 1.71 bits per heavy atom. The number of piperidine rings is 1. The maximum atomic E-state index is 15.8. The largest absolute Gasteiger partial charge is 0.383 e. The van der Waals surface area contributed by atoms with Gasteiger partial charge in [-0.1, -0.05) is 17.7 Å². The summed E-state index contributed by atoms with van der Waals surface area (Å²) in [4.78, 5) is 20.8. The molecule has 2 N–H and O–H groups in total. The first-order valence-corrected chi connectivity index (χ1v) is 16.1. The van der Waals surface area contributed by atoms with E-state index < -0.39 is 21.6 Å². The van der Waals surface area contributed by atoms with Crippen LogP contribution >= 0.6 is 0 Å². The lowest BCUT2D eigenvalue weighted by Crippen LogP contribution is -2.29. The molecule has 0 atom stereocenters. The molecule has 0 spiro atoms. The molecule has 4 heterocycles. The van der Waals surface area contributed by atoms with E-state index in [4.69, 9.17) is 5.73 Å². The highest BCUT2D eigenvalue weighted by atomic mass is 32.2. The topological polar surface area (TPSA) is 121 Å². The Morgan fingerprint density at radius 1 is 0.978 bits per heavy atom. The van der Waals surface area contributed by atoms with E-state index in [0.29, 0.717) is 16.6 Å². The molecule has 3 aromatic carbocycles. The van der Waals surface area contributed by atoms with Gasteiger partial charge in [-0.05, 0) is 99.9 Å². The lowest BCUT2D eigenvalue weighted by Gasteiger charge is -2.29. The van der Waals surface area contributed by atoms with Crippen molar-refractivity contribution in [1.82, 2.24) is 28.2 Å². The van der Waals surface area contributed by atoms with E-state index >= 15 is 4.39 Å². The van der Waals surface area contributed by atoms with Crippen LogP contribution in [0.25, 0.3) is 27.6 Å². The molecule has 1 aliphatic rings. The van der Waals surface area contributed by atoms with E-state index in [1.165, 1.54) is 35.1 Å². The first-order valence-electron chi connectivity index (χ1n) is 14.7. The van der Waals surface area contributed by atoms with Gasteiger partial charge in [-0.15, -0.1) is 0 Å². The van der Waals surface area contributed by atoms with Crippen LogP contribution in [-0.2, 0) is 17.1 Å². The summed E-state index contributed by atoms with van der Waals surface area (Å²) < 4.78 is 48.4. The number of nitrogen functional groups attached to an aromatic ring is 1. The summed E-state index contributed by atoms with van der Waals surface area (Å²) in [6.07, 6.45) is 4.59. The second kappa shape index (κ2) is 10.7. The van der Waals surface area contributed by atoms with Crippen molar-refractivity contribution < 1.29 is 17.6 Å². The molecule has 0 saturated carbocycles. The number of imidazole rings is 1. The summed E-state index contributed by atoms with van der Waals surface area (Å²) in [6.45, 7) is 3.53. The predicted octanol–water partition coefficient (Wildman–Crippen LogP) is 5.02. The van der Waals surface area contributed by atoms with Crippen LogP contribution in [0.4, 0.5) is 10.2 Å². The van der Waals surface area contributed by atoms with Crippen LogP contribution in [0.3, 0.4) is 0 Å². The number of aromatic nitrogens is 5. The minimum Gasteiger partial charge on any atom is -0.383 e. The fraction of sp³-hybridized carbons (Fsp3) is 0.242. The third-order valence-corrected chi connectivity index (χ3v) is 10.6.